The van der Waals surface area contributed by atoms with Gasteiger partial charge in [0.25, 0.3) is 16.3 Å². The predicted octanol–water partition coefficient (Wildman–Crippen LogP) is 0.717. The third-order valence-corrected chi connectivity index (χ3v) is 4.33. The number of carbonyl (C=O) groups excluding carboxylic acids is 4. The van der Waals surface area contributed by atoms with E-state index in [-0.39, 0.29) is 11.9 Å². The number of imide groups is 2. The number of alkyl halides is 3. The Morgan fingerprint density at radius 2 is 1.38 bits per heavy atom. The molecule has 0 bridgehead atoms. The summed E-state index contributed by atoms with van der Waals surface area (Å²) in [7, 11) is 5.59. The molecule has 2 aliphatic heterocycles. The molecule has 0 N–H and O–H groups in total. The molecular formula is C10H13Cl3N4O4. The third-order valence-electron chi connectivity index (χ3n) is 3.02. The normalized spacial score (nSPS) is 24.8. The van der Waals surface area contributed by atoms with Crippen molar-refractivity contribution in [3.05, 3.63) is 0 Å². The first-order valence-electron chi connectivity index (χ1n) is 5.56. The van der Waals surface area contributed by atoms with Crippen molar-refractivity contribution in [1.29, 1.82) is 0 Å². The van der Waals surface area contributed by atoms with Crippen LogP contribution in [0.1, 0.15) is 0 Å². The zero-order chi connectivity index (χ0) is 16.7. The Kier molecular flexibility index (Phi) is 4.97. The molecule has 0 aromatic heterocycles. The molecule has 2 fully saturated rings. The SMILES string of the molecule is CN1C(=O)C(Cl)N(C)C1=O.CN1C(=O)N(C)C(Cl)(Cl)C1=O. The van der Waals surface area contributed by atoms with Crippen molar-refractivity contribution in [2.75, 3.05) is 28.2 Å². The quantitative estimate of drug-likeness (QED) is 0.362. The van der Waals surface area contributed by atoms with Gasteiger partial charge < -0.3 is 4.90 Å². The Bertz CT molecular complexity index is 493. The van der Waals surface area contributed by atoms with Gasteiger partial charge in [0.05, 0.1) is 0 Å². The van der Waals surface area contributed by atoms with Crippen LogP contribution in [-0.2, 0) is 9.59 Å². The summed E-state index contributed by atoms with van der Waals surface area (Å²) in [5, 5.41) is 0. The highest BCUT2D eigenvalue weighted by atomic mass is 35.5. The highest BCUT2D eigenvalue weighted by Crippen LogP contribution is 2.33. The molecule has 2 saturated heterocycles. The van der Waals surface area contributed by atoms with Crippen LogP contribution >= 0.6 is 34.8 Å². The second-order valence-corrected chi connectivity index (χ2v) is 6.07. The second kappa shape index (κ2) is 5.86. The van der Waals surface area contributed by atoms with E-state index >= 15 is 0 Å². The van der Waals surface area contributed by atoms with Gasteiger partial charge in [-0.25, -0.2) is 9.59 Å². The van der Waals surface area contributed by atoms with Gasteiger partial charge in [-0.1, -0.05) is 34.8 Å². The molecule has 0 aromatic carbocycles. The molecule has 21 heavy (non-hydrogen) atoms. The van der Waals surface area contributed by atoms with Crippen LogP contribution in [0.5, 0.6) is 0 Å². The average molecular weight is 360 g/mol. The van der Waals surface area contributed by atoms with E-state index in [2.05, 4.69) is 0 Å². The summed E-state index contributed by atoms with van der Waals surface area (Å²) in [5.41, 5.74) is -0.822. The van der Waals surface area contributed by atoms with Crippen molar-refractivity contribution in [2.24, 2.45) is 0 Å². The Morgan fingerprint density at radius 1 is 0.905 bits per heavy atom. The first-order chi connectivity index (χ1) is 9.44. The van der Waals surface area contributed by atoms with E-state index in [1.54, 1.807) is 0 Å². The van der Waals surface area contributed by atoms with Crippen LogP contribution < -0.4 is 0 Å². The van der Waals surface area contributed by atoms with Crippen molar-refractivity contribution in [2.45, 2.75) is 9.96 Å². The van der Waals surface area contributed by atoms with Crippen LogP contribution in [0.3, 0.4) is 0 Å². The second-order valence-electron chi connectivity index (χ2n) is 4.37. The molecule has 8 nitrogen and oxygen atoms in total. The predicted molar refractivity (Wildman–Crippen MR) is 75.9 cm³/mol. The molecule has 0 saturated carbocycles. The summed E-state index contributed by atoms with van der Waals surface area (Å²) in [6.07, 6.45) is 0. The number of likely N-dealkylation sites (N-methyl/N-ethyl adjacent to an activating group) is 4. The van der Waals surface area contributed by atoms with E-state index in [9.17, 15) is 19.2 Å². The standard InChI is InChI=1S/C5H6Cl2N2O2.C5H7ClN2O2/c1-8-3(10)5(6,7)9(2)4(8)11;1-7-3(6)4(9)8(2)5(7)10/h1-2H3;3H,1-2H3. The van der Waals surface area contributed by atoms with Gasteiger partial charge in [-0.15, -0.1) is 0 Å². The van der Waals surface area contributed by atoms with Gasteiger partial charge >= 0.3 is 12.1 Å². The van der Waals surface area contributed by atoms with Crippen LogP contribution in [-0.4, -0.2) is 81.6 Å². The van der Waals surface area contributed by atoms with E-state index in [1.165, 1.54) is 33.1 Å². The Morgan fingerprint density at radius 3 is 1.48 bits per heavy atom. The van der Waals surface area contributed by atoms with Gasteiger partial charge in [-0.05, 0) is 0 Å². The molecular weight excluding hydrogens is 346 g/mol. The van der Waals surface area contributed by atoms with Gasteiger partial charge in [0.2, 0.25) is 0 Å². The maximum Gasteiger partial charge on any atom is 0.329 e. The summed E-state index contributed by atoms with van der Waals surface area (Å²) in [6, 6.07) is -0.856. The third kappa shape index (κ3) is 2.88. The van der Waals surface area contributed by atoms with Gasteiger partial charge in [-0.2, -0.15) is 0 Å². The molecule has 0 radical (unpaired) electrons. The summed E-state index contributed by atoms with van der Waals surface area (Å²) in [5.74, 6) is -0.984. The number of amides is 6. The van der Waals surface area contributed by atoms with Crippen LogP contribution in [0, 0.1) is 0 Å². The first kappa shape index (κ1) is 17.8. The van der Waals surface area contributed by atoms with E-state index in [0.717, 1.165) is 14.7 Å². The van der Waals surface area contributed by atoms with Crippen molar-refractivity contribution < 1.29 is 19.2 Å². The minimum absolute atomic E-state index is 0.356. The molecule has 0 aromatic rings. The molecule has 2 heterocycles. The maximum absolute atomic E-state index is 11.0. The zero-order valence-corrected chi connectivity index (χ0v) is 13.9. The molecule has 118 valence electrons. The number of halogens is 3. The van der Waals surface area contributed by atoms with E-state index in [4.69, 9.17) is 34.8 Å². The van der Waals surface area contributed by atoms with Crippen molar-refractivity contribution in [3.63, 3.8) is 0 Å². The maximum atomic E-state index is 11.0. The fourth-order valence-electron chi connectivity index (χ4n) is 1.53. The first-order valence-corrected chi connectivity index (χ1v) is 6.76. The molecule has 2 aliphatic rings. The molecule has 1 unspecified atom stereocenters. The molecule has 1 atom stereocenters. The lowest BCUT2D eigenvalue weighted by Gasteiger charge is -2.16. The van der Waals surface area contributed by atoms with Crippen LogP contribution in [0.2, 0.25) is 0 Å². The lowest BCUT2D eigenvalue weighted by molar-refractivity contribution is -0.126. The molecule has 11 heteroatoms. The summed E-state index contributed by atoms with van der Waals surface area (Å²) >= 11 is 16.6. The number of urea groups is 2. The number of nitrogens with zero attached hydrogens (tertiary/aromatic N) is 4. The number of rotatable bonds is 0. The van der Waals surface area contributed by atoms with Gasteiger partial charge in [0.15, 0.2) is 5.50 Å². The van der Waals surface area contributed by atoms with E-state index in [0.29, 0.717) is 0 Å². The summed E-state index contributed by atoms with van der Waals surface area (Å²) in [6.45, 7) is 0. The van der Waals surface area contributed by atoms with Crippen LogP contribution in [0.15, 0.2) is 0 Å². The lowest BCUT2D eigenvalue weighted by atomic mass is 10.6. The topological polar surface area (TPSA) is 81.2 Å². The van der Waals surface area contributed by atoms with E-state index in [1.807, 2.05) is 0 Å². The zero-order valence-electron chi connectivity index (χ0n) is 11.6. The fourth-order valence-corrected chi connectivity index (χ4v) is 2.16. The molecule has 0 aliphatic carbocycles. The highest BCUT2D eigenvalue weighted by Gasteiger charge is 2.52. The van der Waals surface area contributed by atoms with Crippen molar-refractivity contribution >= 4 is 58.7 Å². The number of hydrogen-bond acceptors (Lipinski definition) is 4. The Balaban J connectivity index is 0.000000211. The van der Waals surface area contributed by atoms with Crippen molar-refractivity contribution in [3.8, 4) is 0 Å². The van der Waals surface area contributed by atoms with Gasteiger partial charge in [0, 0.05) is 28.2 Å². The Hall–Kier alpha value is -1.25. The fraction of sp³-hybridized carbons (Fsp3) is 0.600. The van der Waals surface area contributed by atoms with Crippen molar-refractivity contribution in [1.82, 2.24) is 19.6 Å². The molecule has 6 amide bonds. The lowest BCUT2D eigenvalue weighted by Crippen LogP contribution is -2.36. The van der Waals surface area contributed by atoms with Gasteiger partial charge in [-0.3, -0.25) is 24.3 Å². The Labute approximate surface area is 136 Å². The summed E-state index contributed by atoms with van der Waals surface area (Å²) < 4.78 is -1.73. The largest absolute Gasteiger partial charge is 0.329 e. The van der Waals surface area contributed by atoms with Gasteiger partial charge in [0.1, 0.15) is 0 Å². The van der Waals surface area contributed by atoms with Crippen LogP contribution in [0.25, 0.3) is 0 Å². The summed E-state index contributed by atoms with van der Waals surface area (Å²) in [4.78, 5) is 47.8. The average Bonchev–Trinajstić information content (AvgIpc) is 2.69. The molecule has 0 spiro atoms. The number of carbonyl (C=O) groups is 4. The van der Waals surface area contributed by atoms with Crippen LogP contribution in [0.4, 0.5) is 9.59 Å². The monoisotopic (exact) mass is 358 g/mol. The number of hydrogen-bond donors (Lipinski definition) is 0. The van der Waals surface area contributed by atoms with E-state index < -0.39 is 21.9 Å². The highest BCUT2D eigenvalue weighted by molar-refractivity contribution is 6.60. The molecule has 2 rings (SSSR count). The minimum atomic E-state index is -1.73. The minimum Gasteiger partial charge on any atom is -0.302 e. The smallest absolute Gasteiger partial charge is 0.302 e.